The van der Waals surface area contributed by atoms with Crippen LogP contribution in [-0.2, 0) is 16.1 Å². The second-order valence-electron chi connectivity index (χ2n) is 7.13. The molecule has 6 nitrogen and oxygen atoms in total. The Hall–Kier alpha value is -2.18. The van der Waals surface area contributed by atoms with E-state index in [1.807, 2.05) is 35.2 Å². The summed E-state index contributed by atoms with van der Waals surface area (Å²) >= 11 is 0. The maximum Gasteiger partial charge on any atom is 0.252 e. The Morgan fingerprint density at radius 3 is 2.81 bits per heavy atom. The van der Waals surface area contributed by atoms with Gasteiger partial charge in [0.15, 0.2) is 0 Å². The summed E-state index contributed by atoms with van der Waals surface area (Å²) in [5.74, 6) is 0.185. The van der Waals surface area contributed by atoms with E-state index < -0.39 is 0 Å². The summed E-state index contributed by atoms with van der Waals surface area (Å²) in [5.41, 5.74) is 1.51. The van der Waals surface area contributed by atoms with Gasteiger partial charge in [-0.1, -0.05) is 24.6 Å². The number of nitrogens with one attached hydrogen (secondary N) is 1. The van der Waals surface area contributed by atoms with E-state index in [1.54, 1.807) is 0 Å². The first-order valence-electron chi connectivity index (χ1n) is 9.44. The van der Waals surface area contributed by atoms with Crippen molar-refractivity contribution in [1.82, 2.24) is 14.8 Å². The molecule has 2 aromatic rings. The lowest BCUT2D eigenvalue weighted by Gasteiger charge is -2.38. The van der Waals surface area contributed by atoms with Crippen LogP contribution in [0.4, 0.5) is 0 Å². The minimum absolute atomic E-state index is 0.0631. The molecular weight excluding hydrogens is 330 g/mol. The molecule has 1 amide bonds. The summed E-state index contributed by atoms with van der Waals surface area (Å²) in [7, 11) is 0. The smallest absolute Gasteiger partial charge is 0.252 e. The molecule has 6 heteroatoms. The highest BCUT2D eigenvalue weighted by Crippen LogP contribution is 2.22. The number of pyridine rings is 1. The van der Waals surface area contributed by atoms with Crippen LogP contribution < -0.4 is 5.56 Å². The fourth-order valence-electron chi connectivity index (χ4n) is 3.98. The maximum atomic E-state index is 13.0. The van der Waals surface area contributed by atoms with Crippen LogP contribution in [0.2, 0.25) is 0 Å². The topological polar surface area (TPSA) is 65.6 Å². The van der Waals surface area contributed by atoms with Crippen molar-refractivity contribution in [3.8, 4) is 0 Å². The first kappa shape index (κ1) is 17.2. The summed E-state index contributed by atoms with van der Waals surface area (Å²) in [6, 6.07) is 9.62. The third-order valence-corrected chi connectivity index (χ3v) is 5.43. The Morgan fingerprint density at radius 2 is 1.96 bits per heavy atom. The maximum absolute atomic E-state index is 13.0. The summed E-state index contributed by atoms with van der Waals surface area (Å²) in [6.07, 6.45) is 2.99. The van der Waals surface area contributed by atoms with Gasteiger partial charge in [-0.05, 0) is 36.9 Å². The van der Waals surface area contributed by atoms with E-state index in [1.165, 1.54) is 0 Å². The normalized spacial score (nSPS) is 21.8. The molecule has 0 bridgehead atoms. The largest absolute Gasteiger partial charge is 0.378 e. The van der Waals surface area contributed by atoms with E-state index in [0.29, 0.717) is 32.8 Å². The monoisotopic (exact) mass is 355 g/mol. The summed E-state index contributed by atoms with van der Waals surface area (Å²) in [6.45, 7) is 3.93. The second kappa shape index (κ2) is 7.60. The molecule has 1 atom stereocenters. The van der Waals surface area contributed by atoms with Gasteiger partial charge in [0.2, 0.25) is 5.91 Å². The molecule has 2 aliphatic heterocycles. The average molecular weight is 355 g/mol. The number of carbonyl (C=O) groups excluding carboxylic acids is 1. The van der Waals surface area contributed by atoms with Crippen LogP contribution in [0.1, 0.15) is 24.8 Å². The van der Waals surface area contributed by atoms with Crippen LogP contribution in [0.15, 0.2) is 35.1 Å². The molecule has 26 heavy (non-hydrogen) atoms. The van der Waals surface area contributed by atoms with E-state index in [-0.39, 0.29) is 17.5 Å². The number of para-hydroxylation sites is 1. The molecule has 2 aliphatic rings. The third kappa shape index (κ3) is 3.52. The zero-order valence-electron chi connectivity index (χ0n) is 14.9. The minimum atomic E-state index is -0.132. The quantitative estimate of drug-likeness (QED) is 0.911. The molecule has 1 N–H and O–H groups in total. The number of aromatic amines is 1. The summed E-state index contributed by atoms with van der Waals surface area (Å²) in [5, 5.41) is 1.02. The highest BCUT2D eigenvalue weighted by molar-refractivity contribution is 5.82. The Labute approximate surface area is 152 Å². The van der Waals surface area contributed by atoms with Crippen molar-refractivity contribution < 1.29 is 9.53 Å². The van der Waals surface area contributed by atoms with Crippen LogP contribution in [-0.4, -0.2) is 59.6 Å². The standard InChI is InChI=1S/C20H25N3O3/c24-19-16(13-15-5-1-2-6-17(15)21-19)14-23-8-4-3-7-18(23)20(25)22-9-11-26-12-10-22/h1-2,5-6,13,18H,3-4,7-12,14H2,(H,21,24). The van der Waals surface area contributed by atoms with Gasteiger partial charge in [0, 0.05) is 30.7 Å². The SMILES string of the molecule is O=C(C1CCCCN1Cc1cc2ccccc2[nH]c1=O)N1CCOCC1. The number of nitrogens with zero attached hydrogens (tertiary/aromatic N) is 2. The Morgan fingerprint density at radius 1 is 1.15 bits per heavy atom. The van der Waals surface area contributed by atoms with Crippen molar-refractivity contribution in [3.63, 3.8) is 0 Å². The molecule has 0 aliphatic carbocycles. The fraction of sp³-hybridized carbons (Fsp3) is 0.500. The second-order valence-corrected chi connectivity index (χ2v) is 7.13. The number of likely N-dealkylation sites (tertiary alicyclic amines) is 1. The Balaban J connectivity index is 1.56. The average Bonchev–Trinajstić information content (AvgIpc) is 2.69. The van der Waals surface area contributed by atoms with Crippen molar-refractivity contribution in [2.75, 3.05) is 32.8 Å². The zero-order valence-corrected chi connectivity index (χ0v) is 14.9. The Kier molecular flexibility index (Phi) is 5.04. The number of hydrogen-bond donors (Lipinski definition) is 1. The molecule has 1 aromatic carbocycles. The van der Waals surface area contributed by atoms with Gasteiger partial charge in [0.05, 0.1) is 19.3 Å². The van der Waals surface area contributed by atoms with Gasteiger partial charge < -0.3 is 14.6 Å². The predicted molar refractivity (Wildman–Crippen MR) is 100 cm³/mol. The molecule has 138 valence electrons. The van der Waals surface area contributed by atoms with Gasteiger partial charge in [-0.2, -0.15) is 0 Å². The van der Waals surface area contributed by atoms with E-state index in [4.69, 9.17) is 4.74 Å². The third-order valence-electron chi connectivity index (χ3n) is 5.43. The number of ether oxygens (including phenoxy) is 1. The van der Waals surface area contributed by atoms with Crippen molar-refractivity contribution in [1.29, 1.82) is 0 Å². The number of morpholine rings is 1. The van der Waals surface area contributed by atoms with Gasteiger partial charge in [-0.3, -0.25) is 14.5 Å². The van der Waals surface area contributed by atoms with Gasteiger partial charge in [-0.25, -0.2) is 0 Å². The van der Waals surface area contributed by atoms with Crippen LogP contribution >= 0.6 is 0 Å². The number of piperidine rings is 1. The number of hydrogen-bond acceptors (Lipinski definition) is 4. The molecular formula is C20H25N3O3. The van der Waals surface area contributed by atoms with Gasteiger partial charge in [-0.15, -0.1) is 0 Å². The summed E-state index contributed by atoms with van der Waals surface area (Å²) in [4.78, 5) is 32.5. The highest BCUT2D eigenvalue weighted by atomic mass is 16.5. The Bertz CT molecular complexity index is 842. The van der Waals surface area contributed by atoms with Gasteiger partial charge >= 0.3 is 0 Å². The van der Waals surface area contributed by atoms with Gasteiger partial charge in [0.1, 0.15) is 0 Å². The molecule has 4 rings (SSSR count). The van der Waals surface area contributed by atoms with E-state index in [2.05, 4.69) is 9.88 Å². The molecule has 2 fully saturated rings. The molecule has 0 saturated carbocycles. The van der Waals surface area contributed by atoms with E-state index in [0.717, 1.165) is 42.3 Å². The number of amides is 1. The lowest BCUT2D eigenvalue weighted by Crippen LogP contribution is -2.53. The van der Waals surface area contributed by atoms with Crippen molar-refractivity contribution in [3.05, 3.63) is 46.2 Å². The molecule has 0 spiro atoms. The molecule has 0 radical (unpaired) electrons. The molecule has 1 aromatic heterocycles. The lowest BCUT2D eigenvalue weighted by atomic mass is 9.99. The van der Waals surface area contributed by atoms with Crippen LogP contribution in [0.25, 0.3) is 10.9 Å². The number of H-pyrrole nitrogens is 1. The van der Waals surface area contributed by atoms with E-state index >= 15 is 0 Å². The predicted octanol–water partition coefficient (Wildman–Crippen LogP) is 1.74. The van der Waals surface area contributed by atoms with Crippen LogP contribution in [0.3, 0.4) is 0 Å². The molecule has 3 heterocycles. The van der Waals surface area contributed by atoms with Crippen molar-refractivity contribution >= 4 is 16.8 Å². The highest BCUT2D eigenvalue weighted by Gasteiger charge is 2.32. The lowest BCUT2D eigenvalue weighted by molar-refractivity contribution is -0.142. The fourth-order valence-corrected chi connectivity index (χ4v) is 3.98. The number of rotatable bonds is 3. The summed E-state index contributed by atoms with van der Waals surface area (Å²) < 4.78 is 5.36. The zero-order chi connectivity index (χ0) is 17.9. The number of benzene rings is 1. The van der Waals surface area contributed by atoms with Crippen molar-refractivity contribution in [2.45, 2.75) is 31.8 Å². The number of aromatic nitrogens is 1. The van der Waals surface area contributed by atoms with Crippen molar-refractivity contribution in [2.24, 2.45) is 0 Å². The van der Waals surface area contributed by atoms with Gasteiger partial charge in [0.25, 0.3) is 5.56 Å². The van der Waals surface area contributed by atoms with Crippen LogP contribution in [0, 0.1) is 0 Å². The van der Waals surface area contributed by atoms with E-state index in [9.17, 15) is 9.59 Å². The first-order chi connectivity index (χ1) is 12.7. The number of carbonyl (C=O) groups is 1. The molecule has 2 saturated heterocycles. The minimum Gasteiger partial charge on any atom is -0.378 e. The molecule has 1 unspecified atom stereocenters. The van der Waals surface area contributed by atoms with Crippen LogP contribution in [0.5, 0.6) is 0 Å². The first-order valence-corrected chi connectivity index (χ1v) is 9.44. The number of fused-ring (bicyclic) bond motifs is 1.